The van der Waals surface area contributed by atoms with Crippen LogP contribution in [0.25, 0.3) is 10.9 Å². The number of hydrogen-bond acceptors (Lipinski definition) is 6. The predicted octanol–water partition coefficient (Wildman–Crippen LogP) is 2.44. The van der Waals surface area contributed by atoms with E-state index < -0.39 is 9.84 Å². The second-order valence-corrected chi connectivity index (χ2v) is 11.2. The highest BCUT2D eigenvalue weighted by Crippen LogP contribution is 2.22. The van der Waals surface area contributed by atoms with Crippen molar-refractivity contribution in [3.63, 3.8) is 0 Å². The fourth-order valence-electron chi connectivity index (χ4n) is 3.49. The number of rotatable bonds is 5. The number of thiophene rings is 1. The van der Waals surface area contributed by atoms with Crippen molar-refractivity contribution >= 4 is 53.9 Å². The molecule has 1 fully saturated rings. The van der Waals surface area contributed by atoms with Gasteiger partial charge in [-0.05, 0) is 36.1 Å². The highest BCUT2D eigenvalue weighted by atomic mass is 79.9. The molecule has 29 heavy (non-hydrogen) atoms. The first-order valence-corrected chi connectivity index (χ1v) is 12.5. The molecular weight excluding hydrogens is 478 g/mol. The van der Waals surface area contributed by atoms with E-state index in [1.807, 2.05) is 17.5 Å². The van der Waals surface area contributed by atoms with Crippen molar-refractivity contribution < 1.29 is 13.2 Å². The van der Waals surface area contributed by atoms with Gasteiger partial charge >= 0.3 is 0 Å². The van der Waals surface area contributed by atoms with E-state index >= 15 is 0 Å². The standard InChI is InChI=1S/C19H18BrN3O4S2/c20-13-3-4-17-16(8-13)19(25)22(12-21-17)10-18(24)23(9-15-2-1-6-28-15)14-5-7-29(26,27)11-14/h1-4,6,8,12,14H,5,7,9-11H2. The van der Waals surface area contributed by atoms with Crippen molar-refractivity contribution in [2.75, 3.05) is 11.5 Å². The molecule has 2 aromatic heterocycles. The number of carbonyl (C=O) groups is 1. The highest BCUT2D eigenvalue weighted by molar-refractivity contribution is 9.10. The summed E-state index contributed by atoms with van der Waals surface area (Å²) in [6.45, 7) is 0.147. The van der Waals surface area contributed by atoms with Gasteiger partial charge in [-0.25, -0.2) is 13.4 Å². The molecule has 1 atom stereocenters. The van der Waals surface area contributed by atoms with Gasteiger partial charge in [-0.3, -0.25) is 14.2 Å². The Kier molecular flexibility index (Phi) is 5.58. The van der Waals surface area contributed by atoms with Gasteiger partial charge < -0.3 is 4.90 Å². The largest absolute Gasteiger partial charge is 0.332 e. The number of benzene rings is 1. The minimum absolute atomic E-state index is 0.0398. The fraction of sp³-hybridized carbons (Fsp3) is 0.316. The molecule has 7 nitrogen and oxygen atoms in total. The van der Waals surface area contributed by atoms with Crippen LogP contribution in [-0.4, -0.2) is 46.3 Å². The first-order chi connectivity index (χ1) is 13.8. The number of carbonyl (C=O) groups excluding carboxylic acids is 1. The second kappa shape index (κ2) is 8.00. The Morgan fingerprint density at radius 2 is 2.17 bits per heavy atom. The summed E-state index contributed by atoms with van der Waals surface area (Å²) < 4.78 is 25.9. The minimum atomic E-state index is -3.14. The smallest absolute Gasteiger partial charge is 0.261 e. The normalized spacial score (nSPS) is 18.2. The van der Waals surface area contributed by atoms with Gasteiger partial charge in [-0.15, -0.1) is 11.3 Å². The van der Waals surface area contributed by atoms with Crippen LogP contribution < -0.4 is 5.56 Å². The molecular formula is C19H18BrN3O4S2. The van der Waals surface area contributed by atoms with E-state index in [-0.39, 0.29) is 35.6 Å². The summed E-state index contributed by atoms with van der Waals surface area (Å²) in [5, 5.41) is 2.34. The number of sulfone groups is 1. The van der Waals surface area contributed by atoms with Gasteiger partial charge in [0.15, 0.2) is 9.84 Å². The highest BCUT2D eigenvalue weighted by Gasteiger charge is 2.35. The molecule has 1 unspecified atom stereocenters. The first kappa shape index (κ1) is 20.2. The molecule has 0 radical (unpaired) electrons. The van der Waals surface area contributed by atoms with Crippen LogP contribution >= 0.6 is 27.3 Å². The number of halogens is 1. The van der Waals surface area contributed by atoms with Crippen molar-refractivity contribution in [1.82, 2.24) is 14.5 Å². The van der Waals surface area contributed by atoms with Crippen molar-refractivity contribution in [3.8, 4) is 0 Å². The summed E-state index contributed by atoms with van der Waals surface area (Å²) in [6, 6.07) is 8.64. The summed E-state index contributed by atoms with van der Waals surface area (Å²) in [6.07, 6.45) is 1.78. The van der Waals surface area contributed by atoms with Gasteiger partial charge in [0, 0.05) is 15.4 Å². The Morgan fingerprint density at radius 3 is 2.86 bits per heavy atom. The lowest BCUT2D eigenvalue weighted by molar-refractivity contribution is -0.134. The summed E-state index contributed by atoms with van der Waals surface area (Å²) >= 11 is 4.86. The van der Waals surface area contributed by atoms with Crippen LogP contribution in [0.2, 0.25) is 0 Å². The van der Waals surface area contributed by atoms with Crippen molar-refractivity contribution in [3.05, 3.63) is 61.7 Å². The van der Waals surface area contributed by atoms with Crippen molar-refractivity contribution in [1.29, 1.82) is 0 Å². The Bertz CT molecular complexity index is 1220. The summed E-state index contributed by atoms with van der Waals surface area (Å²) in [5.41, 5.74) is 0.249. The summed E-state index contributed by atoms with van der Waals surface area (Å²) in [7, 11) is -3.14. The van der Waals surface area contributed by atoms with E-state index in [2.05, 4.69) is 20.9 Å². The van der Waals surface area contributed by atoms with Gasteiger partial charge in [-0.1, -0.05) is 22.0 Å². The third-order valence-electron chi connectivity index (χ3n) is 4.97. The van der Waals surface area contributed by atoms with Gasteiger partial charge in [0.1, 0.15) is 6.54 Å². The zero-order valence-corrected chi connectivity index (χ0v) is 18.5. The Hall–Kier alpha value is -2.04. The summed E-state index contributed by atoms with van der Waals surface area (Å²) in [5.74, 6) is -0.252. The lowest BCUT2D eigenvalue weighted by Gasteiger charge is -2.28. The zero-order chi connectivity index (χ0) is 20.6. The third kappa shape index (κ3) is 4.44. The molecule has 4 rings (SSSR count). The Labute approximate surface area is 180 Å². The van der Waals surface area contributed by atoms with E-state index in [1.54, 1.807) is 23.1 Å². The van der Waals surface area contributed by atoms with Gasteiger partial charge in [0.2, 0.25) is 5.91 Å². The average molecular weight is 496 g/mol. The number of fused-ring (bicyclic) bond motifs is 1. The molecule has 3 heterocycles. The summed E-state index contributed by atoms with van der Waals surface area (Å²) in [4.78, 5) is 32.8. The SMILES string of the molecule is O=C(Cn1cnc2ccc(Br)cc2c1=O)N(Cc1cccs1)C1CCS(=O)(=O)C1. The fourth-order valence-corrected chi connectivity index (χ4v) is 6.29. The monoisotopic (exact) mass is 495 g/mol. The molecule has 1 amide bonds. The van der Waals surface area contributed by atoms with Crippen LogP contribution in [0.1, 0.15) is 11.3 Å². The Balaban J connectivity index is 1.63. The quantitative estimate of drug-likeness (QED) is 0.542. The molecule has 1 aliphatic heterocycles. The zero-order valence-electron chi connectivity index (χ0n) is 15.3. The molecule has 0 bridgehead atoms. The maximum Gasteiger partial charge on any atom is 0.261 e. The molecule has 0 aliphatic carbocycles. The average Bonchev–Trinajstić information content (AvgIpc) is 3.31. The minimum Gasteiger partial charge on any atom is -0.332 e. The van der Waals surface area contributed by atoms with E-state index in [1.165, 1.54) is 22.2 Å². The topological polar surface area (TPSA) is 89.3 Å². The van der Waals surface area contributed by atoms with Crippen LogP contribution in [0.4, 0.5) is 0 Å². The molecule has 1 saturated heterocycles. The molecule has 0 spiro atoms. The van der Waals surface area contributed by atoms with Crippen molar-refractivity contribution in [2.45, 2.75) is 25.6 Å². The molecule has 3 aromatic rings. The predicted molar refractivity (Wildman–Crippen MR) is 116 cm³/mol. The van der Waals surface area contributed by atoms with Crippen LogP contribution in [-0.2, 0) is 27.7 Å². The number of aromatic nitrogens is 2. The number of amides is 1. The second-order valence-electron chi connectivity index (χ2n) is 7.00. The van der Waals surface area contributed by atoms with Gasteiger partial charge in [-0.2, -0.15) is 0 Å². The third-order valence-corrected chi connectivity index (χ3v) is 8.07. The lowest BCUT2D eigenvalue weighted by atomic mass is 10.2. The molecule has 152 valence electrons. The molecule has 1 aromatic carbocycles. The maximum atomic E-state index is 13.1. The van der Waals surface area contributed by atoms with Crippen LogP contribution in [0.5, 0.6) is 0 Å². The van der Waals surface area contributed by atoms with Crippen LogP contribution in [0.3, 0.4) is 0 Å². The number of hydrogen-bond donors (Lipinski definition) is 0. The van der Waals surface area contributed by atoms with Gasteiger partial charge in [0.25, 0.3) is 5.56 Å². The molecule has 0 saturated carbocycles. The Morgan fingerprint density at radius 1 is 1.34 bits per heavy atom. The maximum absolute atomic E-state index is 13.1. The van der Waals surface area contributed by atoms with E-state index in [9.17, 15) is 18.0 Å². The lowest BCUT2D eigenvalue weighted by Crippen LogP contribution is -2.43. The van der Waals surface area contributed by atoms with Gasteiger partial charge in [0.05, 0.1) is 35.3 Å². The first-order valence-electron chi connectivity index (χ1n) is 8.99. The van der Waals surface area contributed by atoms with Crippen LogP contribution in [0, 0.1) is 0 Å². The van der Waals surface area contributed by atoms with Crippen LogP contribution in [0.15, 0.2) is 51.3 Å². The van der Waals surface area contributed by atoms with Crippen molar-refractivity contribution in [2.24, 2.45) is 0 Å². The van der Waals surface area contributed by atoms with E-state index in [4.69, 9.17) is 0 Å². The molecule has 10 heteroatoms. The molecule has 0 N–H and O–H groups in total. The molecule has 1 aliphatic rings. The number of nitrogens with zero attached hydrogens (tertiary/aromatic N) is 3. The van der Waals surface area contributed by atoms with E-state index in [0.29, 0.717) is 23.9 Å². The van der Waals surface area contributed by atoms with E-state index in [0.717, 1.165) is 9.35 Å².